The molecule has 0 fully saturated rings. The van der Waals surface area contributed by atoms with E-state index in [-0.39, 0.29) is 17.0 Å². The summed E-state index contributed by atoms with van der Waals surface area (Å²) in [4.78, 5) is 29.2. The van der Waals surface area contributed by atoms with Crippen LogP contribution >= 0.6 is 15.9 Å². The molecule has 0 radical (unpaired) electrons. The van der Waals surface area contributed by atoms with Crippen molar-refractivity contribution < 1.29 is 46.1 Å². The first-order valence-corrected chi connectivity index (χ1v) is 8.70. The Morgan fingerprint density at radius 1 is 0.839 bits per heavy atom. The Morgan fingerprint density at radius 2 is 1.26 bits per heavy atom. The average molecular weight is 519 g/mol. The van der Waals surface area contributed by atoms with E-state index >= 15 is 0 Å². The molecule has 31 heavy (non-hydrogen) atoms. The Morgan fingerprint density at radius 3 is 1.61 bits per heavy atom. The maximum atomic E-state index is 12.3. The molecule has 0 atom stereocenters. The summed E-state index contributed by atoms with van der Waals surface area (Å²) in [6.45, 7) is 0. The lowest BCUT2D eigenvalue weighted by Crippen LogP contribution is -2.08. The van der Waals surface area contributed by atoms with Crippen molar-refractivity contribution in [2.75, 3.05) is 0 Å². The Bertz CT molecular complexity index is 977. The molecular weight excluding hydrogens is 510 g/mol. The molecule has 8 nitrogen and oxygen atoms in total. The lowest BCUT2D eigenvalue weighted by atomic mass is 10.1. The largest absolute Gasteiger partial charge is 0.478 e. The monoisotopic (exact) mass is 518 g/mol. The van der Waals surface area contributed by atoms with E-state index in [4.69, 9.17) is 5.11 Å². The van der Waals surface area contributed by atoms with Crippen LogP contribution in [-0.4, -0.2) is 20.9 Å². The minimum Gasteiger partial charge on any atom is -0.478 e. The zero-order valence-corrected chi connectivity index (χ0v) is 16.3. The molecule has 0 aliphatic heterocycles. The smallest absolute Gasteiger partial charge is 0.416 e. The third kappa shape index (κ3) is 7.51. The second-order valence-electron chi connectivity index (χ2n) is 5.61. The fourth-order valence-electron chi connectivity index (χ4n) is 2.02. The number of nitro benzene ring substituents is 2. The number of nitrogens with zero attached hydrogens (tertiary/aromatic N) is 2. The topological polar surface area (TPSA) is 124 Å². The maximum absolute atomic E-state index is 12.3. The van der Waals surface area contributed by atoms with Gasteiger partial charge in [-0.25, -0.2) is 4.79 Å². The molecule has 0 aromatic heterocycles. The van der Waals surface area contributed by atoms with Crippen LogP contribution in [0.4, 0.5) is 37.7 Å². The van der Waals surface area contributed by atoms with Crippen molar-refractivity contribution in [1.82, 2.24) is 0 Å². The molecule has 0 unspecified atom stereocenters. The summed E-state index contributed by atoms with van der Waals surface area (Å²) in [5, 5.41) is 29.3. The van der Waals surface area contributed by atoms with Crippen LogP contribution in [0, 0.1) is 20.2 Å². The number of aromatic carboxylic acids is 1. The Kier molecular flexibility index (Phi) is 8.09. The van der Waals surface area contributed by atoms with Gasteiger partial charge in [0.2, 0.25) is 0 Å². The molecule has 2 aromatic carbocycles. The minimum absolute atomic E-state index is 0.137. The molecule has 0 spiro atoms. The van der Waals surface area contributed by atoms with Gasteiger partial charge in [-0.1, -0.05) is 15.9 Å². The number of carbonyl (C=O) groups is 1. The van der Waals surface area contributed by atoms with E-state index in [1.165, 1.54) is 0 Å². The van der Waals surface area contributed by atoms with Crippen molar-refractivity contribution >= 4 is 33.3 Å². The van der Waals surface area contributed by atoms with E-state index in [1.807, 2.05) is 0 Å². The van der Waals surface area contributed by atoms with Crippen molar-refractivity contribution in [3.8, 4) is 0 Å². The van der Waals surface area contributed by atoms with Gasteiger partial charge in [-0.15, -0.1) is 0 Å². The average Bonchev–Trinajstić information content (AvgIpc) is 2.66. The maximum Gasteiger partial charge on any atom is 0.416 e. The van der Waals surface area contributed by atoms with Gasteiger partial charge < -0.3 is 5.11 Å². The molecule has 0 saturated carbocycles. The van der Waals surface area contributed by atoms with E-state index < -0.39 is 56.2 Å². The molecule has 15 heteroatoms. The summed E-state index contributed by atoms with van der Waals surface area (Å²) >= 11 is 2.95. The third-order valence-corrected chi connectivity index (χ3v) is 4.02. The molecule has 0 aliphatic rings. The molecule has 0 saturated heterocycles. The predicted molar refractivity (Wildman–Crippen MR) is 95.8 cm³/mol. The lowest BCUT2D eigenvalue weighted by Gasteiger charge is -2.07. The molecule has 168 valence electrons. The number of carboxylic acid groups (broad SMARTS) is 1. The Balaban J connectivity index is 0.000000311. The van der Waals surface area contributed by atoms with Gasteiger partial charge in [0.25, 0.3) is 11.4 Å². The van der Waals surface area contributed by atoms with E-state index in [9.17, 15) is 51.4 Å². The Labute approximate surface area is 176 Å². The Hall–Kier alpha value is -3.23. The number of hydrogen-bond donors (Lipinski definition) is 1. The summed E-state index contributed by atoms with van der Waals surface area (Å²) in [5.41, 5.74) is -4.39. The molecule has 1 N–H and O–H groups in total. The van der Waals surface area contributed by atoms with Gasteiger partial charge in [0.05, 0.1) is 26.5 Å². The summed E-state index contributed by atoms with van der Waals surface area (Å²) < 4.78 is 73.7. The number of nitro groups is 2. The molecule has 0 amide bonds. The highest BCUT2D eigenvalue weighted by Crippen LogP contribution is 2.33. The first-order valence-electron chi connectivity index (χ1n) is 7.57. The number of alkyl halides is 7. The van der Waals surface area contributed by atoms with Gasteiger partial charge in [0, 0.05) is 29.6 Å². The third-order valence-electron chi connectivity index (χ3n) is 3.37. The second kappa shape index (κ2) is 9.72. The lowest BCUT2D eigenvalue weighted by molar-refractivity contribution is -0.385. The summed E-state index contributed by atoms with van der Waals surface area (Å²) in [7, 11) is 0. The first kappa shape index (κ1) is 25.8. The number of halogens is 7. The fourth-order valence-corrected chi connectivity index (χ4v) is 2.35. The number of non-ortho nitro benzene ring substituents is 2. The van der Waals surface area contributed by atoms with Crippen molar-refractivity contribution in [3.63, 3.8) is 0 Å². The fraction of sp³-hybridized carbons (Fsp3) is 0.188. The molecule has 0 bridgehead atoms. The van der Waals surface area contributed by atoms with Crippen LogP contribution in [0.2, 0.25) is 0 Å². The molecule has 0 aliphatic carbocycles. The van der Waals surface area contributed by atoms with Crippen LogP contribution in [0.5, 0.6) is 0 Å². The number of carboxylic acids is 1. The zero-order chi connectivity index (χ0) is 24.1. The van der Waals surface area contributed by atoms with Crippen molar-refractivity contribution in [1.29, 1.82) is 0 Å². The van der Waals surface area contributed by atoms with Gasteiger partial charge in [0.15, 0.2) is 0 Å². The van der Waals surface area contributed by atoms with Crippen molar-refractivity contribution in [2.24, 2.45) is 0 Å². The van der Waals surface area contributed by atoms with Crippen molar-refractivity contribution in [3.05, 3.63) is 78.9 Å². The van der Waals surface area contributed by atoms with E-state index in [1.54, 1.807) is 0 Å². The number of benzene rings is 2. The standard InChI is InChI=1S/C8H5BrF3NO2.C8H4F3NO4/c9-4-5-1-6(8(10,11)12)3-7(2-5)13(14)15;9-8(10,11)5-1-4(7(13)14)2-6(3-5)12(15)16/h1-3H,4H2;1-3H,(H,13,14). The van der Waals surface area contributed by atoms with Gasteiger partial charge in [-0.3, -0.25) is 20.2 Å². The summed E-state index contributed by atoms with van der Waals surface area (Å²) in [6.07, 6.45) is -9.39. The number of hydrogen-bond acceptors (Lipinski definition) is 5. The van der Waals surface area contributed by atoms with E-state index in [0.717, 1.165) is 12.1 Å². The zero-order valence-electron chi connectivity index (χ0n) is 14.7. The predicted octanol–water partition coefficient (Wildman–Crippen LogP) is 5.82. The van der Waals surface area contributed by atoms with Crippen LogP contribution in [-0.2, 0) is 17.7 Å². The number of rotatable bonds is 4. The van der Waals surface area contributed by atoms with Crippen LogP contribution in [0.15, 0.2) is 36.4 Å². The second-order valence-corrected chi connectivity index (χ2v) is 6.17. The van der Waals surface area contributed by atoms with Crippen LogP contribution in [0.1, 0.15) is 27.0 Å². The minimum atomic E-state index is -4.82. The van der Waals surface area contributed by atoms with Gasteiger partial charge in [-0.2, -0.15) is 26.3 Å². The van der Waals surface area contributed by atoms with Crippen LogP contribution in [0.3, 0.4) is 0 Å². The van der Waals surface area contributed by atoms with E-state index in [2.05, 4.69) is 15.9 Å². The van der Waals surface area contributed by atoms with Crippen LogP contribution < -0.4 is 0 Å². The molecule has 2 rings (SSSR count). The molecule has 0 heterocycles. The van der Waals surface area contributed by atoms with Crippen molar-refractivity contribution in [2.45, 2.75) is 17.7 Å². The van der Waals surface area contributed by atoms with E-state index in [0.29, 0.717) is 18.2 Å². The normalized spacial score (nSPS) is 11.3. The molecule has 2 aromatic rings. The summed E-state index contributed by atoms with van der Waals surface area (Å²) in [6, 6.07) is 3.69. The highest BCUT2D eigenvalue weighted by Gasteiger charge is 2.34. The van der Waals surface area contributed by atoms with Gasteiger partial charge >= 0.3 is 18.3 Å². The molecular formula is C16H9BrF6N2O6. The highest BCUT2D eigenvalue weighted by atomic mass is 79.9. The summed E-state index contributed by atoms with van der Waals surface area (Å²) in [5.74, 6) is -1.66. The SMILES string of the molecule is O=C(O)c1cc([N+](=O)[O-])cc(C(F)(F)F)c1.O=[N+]([O-])c1cc(CBr)cc(C(F)(F)F)c1. The van der Waals surface area contributed by atoms with Gasteiger partial charge in [0.1, 0.15) is 0 Å². The van der Waals surface area contributed by atoms with Crippen LogP contribution in [0.25, 0.3) is 0 Å². The quantitative estimate of drug-likeness (QED) is 0.235. The van der Waals surface area contributed by atoms with Gasteiger partial charge in [-0.05, 0) is 17.7 Å². The first-order chi connectivity index (χ1) is 14.1. The highest BCUT2D eigenvalue weighted by molar-refractivity contribution is 9.08.